The molecular formula is C15H9F2N3O3. The standard InChI is InChI=1S/C15H9F2N3O3/c1-23-15-12(20-7-2-3-8(16)9(17)6-7)13(21)10-11(14(15)22)19-5-4-18-10/h2-6,20H,1H3. The summed E-state index contributed by atoms with van der Waals surface area (Å²) in [5, 5.41) is 2.58. The highest BCUT2D eigenvalue weighted by molar-refractivity contribution is 6.25. The molecule has 1 aromatic carbocycles. The normalized spacial score (nSPS) is 13.9. The molecule has 0 amide bonds. The number of nitrogens with one attached hydrogen (secondary N) is 1. The van der Waals surface area contributed by atoms with Gasteiger partial charge in [0.2, 0.25) is 5.78 Å². The molecule has 2 aromatic rings. The maximum atomic E-state index is 13.3. The van der Waals surface area contributed by atoms with Crippen LogP contribution in [0.4, 0.5) is 14.5 Å². The molecule has 0 aliphatic heterocycles. The quantitative estimate of drug-likeness (QED) is 0.934. The molecule has 1 heterocycles. The highest BCUT2D eigenvalue weighted by Crippen LogP contribution is 2.26. The van der Waals surface area contributed by atoms with E-state index < -0.39 is 23.2 Å². The van der Waals surface area contributed by atoms with Gasteiger partial charge in [-0.1, -0.05) is 0 Å². The van der Waals surface area contributed by atoms with Gasteiger partial charge in [0.15, 0.2) is 17.4 Å². The van der Waals surface area contributed by atoms with Crippen LogP contribution in [0.5, 0.6) is 0 Å². The summed E-state index contributed by atoms with van der Waals surface area (Å²) in [4.78, 5) is 32.4. The second-order valence-corrected chi connectivity index (χ2v) is 4.57. The Hall–Kier alpha value is -3.16. The molecule has 23 heavy (non-hydrogen) atoms. The minimum absolute atomic E-state index is 0.0851. The number of fused-ring (bicyclic) bond motifs is 1. The molecule has 8 heteroatoms. The second kappa shape index (κ2) is 5.56. The van der Waals surface area contributed by atoms with Crippen molar-refractivity contribution in [2.45, 2.75) is 0 Å². The van der Waals surface area contributed by atoms with E-state index >= 15 is 0 Å². The van der Waals surface area contributed by atoms with Crippen molar-refractivity contribution in [3.05, 3.63) is 65.1 Å². The van der Waals surface area contributed by atoms with Crippen LogP contribution in [0.15, 0.2) is 42.0 Å². The molecule has 0 saturated carbocycles. The summed E-state index contributed by atoms with van der Waals surface area (Å²) in [5.41, 5.74) is -0.382. The average Bonchev–Trinajstić information content (AvgIpc) is 2.56. The summed E-state index contributed by atoms with van der Waals surface area (Å²) in [6, 6.07) is 2.98. The van der Waals surface area contributed by atoms with Gasteiger partial charge in [-0.15, -0.1) is 0 Å². The molecule has 0 bridgehead atoms. The van der Waals surface area contributed by atoms with Crippen molar-refractivity contribution in [3.63, 3.8) is 0 Å². The number of benzene rings is 1. The van der Waals surface area contributed by atoms with Crippen molar-refractivity contribution in [2.75, 3.05) is 12.4 Å². The van der Waals surface area contributed by atoms with E-state index in [-0.39, 0.29) is 28.5 Å². The predicted molar refractivity (Wildman–Crippen MR) is 74.7 cm³/mol. The molecule has 0 spiro atoms. The van der Waals surface area contributed by atoms with Crippen molar-refractivity contribution in [3.8, 4) is 0 Å². The van der Waals surface area contributed by atoms with Crippen molar-refractivity contribution in [2.24, 2.45) is 0 Å². The van der Waals surface area contributed by atoms with Crippen LogP contribution in [0.1, 0.15) is 21.0 Å². The van der Waals surface area contributed by atoms with E-state index in [2.05, 4.69) is 15.3 Å². The topological polar surface area (TPSA) is 81.2 Å². The number of carbonyl (C=O) groups excluding carboxylic acids is 2. The van der Waals surface area contributed by atoms with Crippen LogP contribution in [0.2, 0.25) is 0 Å². The van der Waals surface area contributed by atoms with Gasteiger partial charge in [0.25, 0.3) is 5.78 Å². The van der Waals surface area contributed by atoms with E-state index in [4.69, 9.17) is 4.74 Å². The molecule has 116 valence electrons. The lowest BCUT2D eigenvalue weighted by Gasteiger charge is -2.19. The van der Waals surface area contributed by atoms with Crippen molar-refractivity contribution in [1.82, 2.24) is 9.97 Å². The third kappa shape index (κ3) is 2.44. The van der Waals surface area contributed by atoms with Crippen molar-refractivity contribution >= 4 is 17.3 Å². The number of anilines is 1. The lowest BCUT2D eigenvalue weighted by atomic mass is 9.99. The first-order valence-electron chi connectivity index (χ1n) is 6.43. The number of Topliss-reactive ketones (excluding diaryl/α,β-unsaturated/α-hetero) is 2. The van der Waals surface area contributed by atoms with E-state index in [1.165, 1.54) is 25.6 Å². The number of nitrogens with zero attached hydrogens (tertiary/aromatic N) is 2. The van der Waals surface area contributed by atoms with Gasteiger partial charge in [0, 0.05) is 24.1 Å². The number of allylic oxidation sites excluding steroid dienone is 2. The Morgan fingerprint density at radius 3 is 2.26 bits per heavy atom. The summed E-state index contributed by atoms with van der Waals surface area (Å²) < 4.78 is 31.2. The molecule has 1 N–H and O–H groups in total. The van der Waals surface area contributed by atoms with Gasteiger partial charge in [-0.2, -0.15) is 0 Å². The number of hydrogen-bond acceptors (Lipinski definition) is 6. The number of rotatable bonds is 3. The first-order valence-corrected chi connectivity index (χ1v) is 6.43. The molecule has 1 aliphatic carbocycles. The lowest BCUT2D eigenvalue weighted by Crippen LogP contribution is -2.29. The number of carbonyl (C=O) groups is 2. The SMILES string of the molecule is COC1=C(Nc2ccc(F)c(F)c2)C(=O)c2nccnc2C1=O. The third-order valence-electron chi connectivity index (χ3n) is 3.18. The van der Waals surface area contributed by atoms with Crippen molar-refractivity contribution < 1.29 is 23.1 Å². The van der Waals surface area contributed by atoms with Gasteiger partial charge in [0.05, 0.1) is 7.11 Å². The fourth-order valence-corrected chi connectivity index (χ4v) is 2.14. The minimum Gasteiger partial charge on any atom is -0.491 e. The molecule has 1 aliphatic rings. The summed E-state index contributed by atoms with van der Waals surface area (Å²) >= 11 is 0. The predicted octanol–water partition coefficient (Wildman–Crippen LogP) is 2.10. The van der Waals surface area contributed by atoms with Gasteiger partial charge in [-0.3, -0.25) is 9.59 Å². The van der Waals surface area contributed by atoms with Gasteiger partial charge in [-0.05, 0) is 12.1 Å². The van der Waals surface area contributed by atoms with Crippen LogP contribution < -0.4 is 5.32 Å². The summed E-state index contributed by atoms with van der Waals surface area (Å²) in [6.07, 6.45) is 2.56. The molecule has 0 radical (unpaired) electrons. The summed E-state index contributed by atoms with van der Waals surface area (Å²) in [6.45, 7) is 0. The number of ketones is 2. The number of halogens is 2. The largest absolute Gasteiger partial charge is 0.491 e. The Morgan fingerprint density at radius 2 is 1.65 bits per heavy atom. The van der Waals surface area contributed by atoms with Gasteiger partial charge < -0.3 is 10.1 Å². The van der Waals surface area contributed by atoms with Gasteiger partial charge in [0.1, 0.15) is 17.1 Å². The molecule has 6 nitrogen and oxygen atoms in total. The molecule has 0 saturated heterocycles. The zero-order chi connectivity index (χ0) is 16.6. The molecular weight excluding hydrogens is 308 g/mol. The fraction of sp³-hybridized carbons (Fsp3) is 0.0667. The molecule has 0 unspecified atom stereocenters. The first-order chi connectivity index (χ1) is 11.0. The third-order valence-corrected chi connectivity index (χ3v) is 3.18. The Kier molecular flexibility index (Phi) is 3.57. The van der Waals surface area contributed by atoms with E-state index in [1.807, 2.05) is 0 Å². The van der Waals surface area contributed by atoms with Gasteiger partial charge >= 0.3 is 0 Å². The highest BCUT2D eigenvalue weighted by Gasteiger charge is 2.35. The lowest BCUT2D eigenvalue weighted by molar-refractivity contribution is 0.0899. The van der Waals surface area contributed by atoms with Crippen molar-refractivity contribution in [1.29, 1.82) is 0 Å². The Morgan fingerprint density at radius 1 is 1.00 bits per heavy atom. The maximum absolute atomic E-state index is 13.3. The van der Waals surface area contributed by atoms with E-state index in [0.717, 1.165) is 12.1 Å². The maximum Gasteiger partial charge on any atom is 0.250 e. The zero-order valence-electron chi connectivity index (χ0n) is 11.8. The molecule has 0 fully saturated rings. The van der Waals surface area contributed by atoms with Crippen LogP contribution >= 0.6 is 0 Å². The summed E-state index contributed by atoms with van der Waals surface area (Å²) in [5.74, 6) is -3.65. The van der Waals surface area contributed by atoms with Crippen LogP contribution in [-0.4, -0.2) is 28.6 Å². The van der Waals surface area contributed by atoms with E-state index in [0.29, 0.717) is 0 Å². The number of methoxy groups -OCH3 is 1. The smallest absolute Gasteiger partial charge is 0.250 e. The highest BCUT2D eigenvalue weighted by atomic mass is 19.2. The molecule has 1 aromatic heterocycles. The summed E-state index contributed by atoms with van der Waals surface area (Å²) in [7, 11) is 1.22. The Balaban J connectivity index is 2.07. The van der Waals surface area contributed by atoms with Crippen LogP contribution in [-0.2, 0) is 4.74 Å². The van der Waals surface area contributed by atoms with Gasteiger partial charge in [-0.25, -0.2) is 18.7 Å². The van der Waals surface area contributed by atoms with Crippen LogP contribution in [0.3, 0.4) is 0 Å². The number of aromatic nitrogens is 2. The molecule has 0 atom stereocenters. The average molecular weight is 317 g/mol. The Bertz CT molecular complexity index is 865. The van der Waals surface area contributed by atoms with E-state index in [9.17, 15) is 18.4 Å². The Labute approximate surface area is 128 Å². The monoisotopic (exact) mass is 317 g/mol. The van der Waals surface area contributed by atoms with E-state index in [1.54, 1.807) is 0 Å². The fourth-order valence-electron chi connectivity index (χ4n) is 2.14. The molecule has 3 rings (SSSR count). The second-order valence-electron chi connectivity index (χ2n) is 4.57. The van der Waals surface area contributed by atoms with Crippen LogP contribution in [0, 0.1) is 11.6 Å². The first kappa shape index (κ1) is 14.8. The van der Waals surface area contributed by atoms with Crippen LogP contribution in [0.25, 0.3) is 0 Å². The minimum atomic E-state index is -1.09. The zero-order valence-corrected chi connectivity index (χ0v) is 11.8. The number of ether oxygens (including phenoxy) is 1. The number of hydrogen-bond donors (Lipinski definition) is 1.